The van der Waals surface area contributed by atoms with Crippen LogP contribution in [0.4, 0.5) is 5.95 Å². The van der Waals surface area contributed by atoms with Gasteiger partial charge in [-0.1, -0.05) is 0 Å². The maximum absolute atomic E-state index is 12.3. The number of hydrogen-bond donors (Lipinski definition) is 1. The molecule has 2 rings (SSSR count). The van der Waals surface area contributed by atoms with Gasteiger partial charge >= 0.3 is 5.97 Å². The molecule has 2 unspecified atom stereocenters. The molecule has 1 fully saturated rings. The number of nitrogens with zero attached hydrogens (tertiary/aromatic N) is 4. The van der Waals surface area contributed by atoms with Crippen molar-refractivity contribution >= 4 is 17.8 Å². The summed E-state index contributed by atoms with van der Waals surface area (Å²) in [5.41, 5.74) is 0. The van der Waals surface area contributed by atoms with Gasteiger partial charge in [0.05, 0.1) is 12.6 Å². The van der Waals surface area contributed by atoms with E-state index in [9.17, 15) is 14.7 Å². The second kappa shape index (κ2) is 6.49. The third kappa shape index (κ3) is 3.46. The normalized spacial score (nSPS) is 21.3. The van der Waals surface area contributed by atoms with Gasteiger partial charge in [0.2, 0.25) is 11.9 Å². The first-order valence-electron chi connectivity index (χ1n) is 6.56. The Kier molecular flexibility index (Phi) is 4.69. The molecule has 1 aliphatic heterocycles. The van der Waals surface area contributed by atoms with Crippen LogP contribution in [0.2, 0.25) is 0 Å². The van der Waals surface area contributed by atoms with E-state index >= 15 is 0 Å². The Morgan fingerprint density at radius 1 is 1.48 bits per heavy atom. The minimum Gasteiger partial charge on any atom is -0.480 e. The molecule has 114 valence electrons. The predicted octanol–water partition coefficient (Wildman–Crippen LogP) is -0.387. The van der Waals surface area contributed by atoms with E-state index in [1.165, 1.54) is 12.0 Å². The molecule has 21 heavy (non-hydrogen) atoms. The Balaban J connectivity index is 2.03. The molecule has 1 aromatic heterocycles. The highest BCUT2D eigenvalue weighted by molar-refractivity contribution is 5.87. The second-order valence-corrected chi connectivity index (χ2v) is 4.90. The molecule has 0 radical (unpaired) electrons. The second-order valence-electron chi connectivity index (χ2n) is 4.90. The molecule has 1 aliphatic rings. The molecule has 2 heterocycles. The van der Waals surface area contributed by atoms with Crippen molar-refractivity contribution in [3.05, 3.63) is 18.5 Å². The fraction of sp³-hybridized carbons (Fsp3) is 0.538. The highest BCUT2D eigenvalue weighted by Gasteiger charge is 2.39. The SMILES string of the molecule is COC1CC(C(=O)O)N(C(=O)CN(C)c2ncccn2)C1. The van der Waals surface area contributed by atoms with Gasteiger partial charge < -0.3 is 19.6 Å². The molecular formula is C13H18N4O4. The van der Waals surface area contributed by atoms with Crippen molar-refractivity contribution in [1.82, 2.24) is 14.9 Å². The number of rotatable bonds is 5. The number of carboxylic acids is 1. The van der Waals surface area contributed by atoms with E-state index in [0.717, 1.165) is 0 Å². The molecule has 0 bridgehead atoms. The van der Waals surface area contributed by atoms with E-state index in [2.05, 4.69) is 9.97 Å². The van der Waals surface area contributed by atoms with Gasteiger partial charge in [0.25, 0.3) is 0 Å². The van der Waals surface area contributed by atoms with Crippen LogP contribution in [0, 0.1) is 0 Å². The van der Waals surface area contributed by atoms with E-state index in [1.807, 2.05) is 0 Å². The Morgan fingerprint density at radius 2 is 2.14 bits per heavy atom. The number of carbonyl (C=O) groups excluding carboxylic acids is 1. The number of likely N-dealkylation sites (tertiary alicyclic amines) is 1. The maximum atomic E-state index is 12.3. The largest absolute Gasteiger partial charge is 0.480 e. The molecule has 2 atom stereocenters. The summed E-state index contributed by atoms with van der Waals surface area (Å²) in [4.78, 5) is 34.6. The Labute approximate surface area is 122 Å². The van der Waals surface area contributed by atoms with Crippen LogP contribution in [-0.4, -0.2) is 71.2 Å². The summed E-state index contributed by atoms with van der Waals surface area (Å²) in [6, 6.07) is 0.844. The minimum atomic E-state index is -1.01. The van der Waals surface area contributed by atoms with Gasteiger partial charge in [-0.05, 0) is 6.07 Å². The predicted molar refractivity (Wildman–Crippen MR) is 73.9 cm³/mol. The van der Waals surface area contributed by atoms with Gasteiger partial charge in [0, 0.05) is 39.5 Å². The van der Waals surface area contributed by atoms with Crippen LogP contribution in [0.3, 0.4) is 0 Å². The Morgan fingerprint density at radius 3 is 2.71 bits per heavy atom. The van der Waals surface area contributed by atoms with E-state index in [0.29, 0.717) is 12.4 Å². The number of aromatic nitrogens is 2. The number of ether oxygens (including phenoxy) is 1. The average molecular weight is 294 g/mol. The molecule has 0 saturated carbocycles. The lowest BCUT2D eigenvalue weighted by Gasteiger charge is -2.24. The van der Waals surface area contributed by atoms with Gasteiger partial charge in [0.15, 0.2) is 0 Å². The van der Waals surface area contributed by atoms with Crippen molar-refractivity contribution in [2.45, 2.75) is 18.6 Å². The van der Waals surface area contributed by atoms with Crippen LogP contribution in [0.15, 0.2) is 18.5 Å². The minimum absolute atomic E-state index is 0.0181. The summed E-state index contributed by atoms with van der Waals surface area (Å²) in [5.74, 6) is -0.876. The lowest BCUT2D eigenvalue weighted by Crippen LogP contribution is -2.45. The van der Waals surface area contributed by atoms with E-state index < -0.39 is 12.0 Å². The first kappa shape index (κ1) is 15.2. The van der Waals surface area contributed by atoms with Crippen molar-refractivity contribution in [2.24, 2.45) is 0 Å². The third-order valence-corrected chi connectivity index (χ3v) is 3.47. The number of amides is 1. The van der Waals surface area contributed by atoms with Crippen LogP contribution in [0.5, 0.6) is 0 Å². The zero-order chi connectivity index (χ0) is 15.4. The van der Waals surface area contributed by atoms with E-state index in [-0.39, 0.29) is 25.1 Å². The van der Waals surface area contributed by atoms with Gasteiger partial charge in [0.1, 0.15) is 6.04 Å². The number of carboxylic acid groups (broad SMARTS) is 1. The number of aliphatic carboxylic acids is 1. The fourth-order valence-electron chi connectivity index (χ4n) is 2.33. The summed E-state index contributed by atoms with van der Waals surface area (Å²) in [6.45, 7) is 0.306. The fourth-order valence-corrected chi connectivity index (χ4v) is 2.33. The highest BCUT2D eigenvalue weighted by Crippen LogP contribution is 2.20. The molecular weight excluding hydrogens is 276 g/mol. The molecule has 8 heteroatoms. The zero-order valence-electron chi connectivity index (χ0n) is 12.0. The van der Waals surface area contributed by atoms with Gasteiger partial charge in [-0.3, -0.25) is 4.79 Å². The summed E-state index contributed by atoms with van der Waals surface area (Å²) in [6.07, 6.45) is 3.23. The van der Waals surface area contributed by atoms with E-state index in [4.69, 9.17) is 4.74 Å². The van der Waals surface area contributed by atoms with Gasteiger partial charge in [-0.15, -0.1) is 0 Å². The Bertz CT molecular complexity index is 510. The standard InChI is InChI=1S/C13H18N4O4/c1-16(13-14-4-3-5-15-13)8-11(18)17-7-9(21-2)6-10(17)12(19)20/h3-5,9-10H,6-8H2,1-2H3,(H,19,20). The lowest BCUT2D eigenvalue weighted by atomic mass is 10.2. The summed E-state index contributed by atoms with van der Waals surface area (Å²) in [5, 5.41) is 9.21. The molecule has 1 amide bonds. The van der Waals surface area contributed by atoms with Crippen molar-refractivity contribution in [2.75, 3.05) is 32.1 Å². The third-order valence-electron chi connectivity index (χ3n) is 3.47. The van der Waals surface area contributed by atoms with Crippen molar-refractivity contribution < 1.29 is 19.4 Å². The summed E-state index contributed by atoms with van der Waals surface area (Å²) < 4.78 is 5.17. The average Bonchev–Trinajstić information content (AvgIpc) is 2.92. The first-order chi connectivity index (χ1) is 10.0. The number of methoxy groups -OCH3 is 1. The van der Waals surface area contributed by atoms with Gasteiger partial charge in [-0.25, -0.2) is 14.8 Å². The smallest absolute Gasteiger partial charge is 0.326 e. The van der Waals surface area contributed by atoms with Crippen LogP contribution < -0.4 is 4.90 Å². The molecule has 0 spiro atoms. The van der Waals surface area contributed by atoms with E-state index in [1.54, 1.807) is 30.4 Å². The lowest BCUT2D eigenvalue weighted by molar-refractivity contribution is -0.147. The molecule has 1 saturated heterocycles. The van der Waals surface area contributed by atoms with Crippen LogP contribution >= 0.6 is 0 Å². The van der Waals surface area contributed by atoms with Crippen molar-refractivity contribution in [3.63, 3.8) is 0 Å². The topological polar surface area (TPSA) is 95.9 Å². The number of hydrogen-bond acceptors (Lipinski definition) is 6. The maximum Gasteiger partial charge on any atom is 0.326 e. The first-order valence-corrected chi connectivity index (χ1v) is 6.56. The highest BCUT2D eigenvalue weighted by atomic mass is 16.5. The van der Waals surface area contributed by atoms with Crippen LogP contribution in [-0.2, 0) is 14.3 Å². The summed E-state index contributed by atoms with van der Waals surface area (Å²) >= 11 is 0. The van der Waals surface area contributed by atoms with Crippen LogP contribution in [0.1, 0.15) is 6.42 Å². The number of carbonyl (C=O) groups is 2. The number of likely N-dealkylation sites (N-methyl/N-ethyl adjacent to an activating group) is 1. The molecule has 0 aromatic carbocycles. The number of anilines is 1. The molecule has 1 aromatic rings. The quantitative estimate of drug-likeness (QED) is 0.790. The van der Waals surface area contributed by atoms with Gasteiger partial charge in [-0.2, -0.15) is 0 Å². The van der Waals surface area contributed by atoms with Crippen molar-refractivity contribution in [3.8, 4) is 0 Å². The zero-order valence-corrected chi connectivity index (χ0v) is 12.0. The molecule has 8 nitrogen and oxygen atoms in total. The van der Waals surface area contributed by atoms with Crippen molar-refractivity contribution in [1.29, 1.82) is 0 Å². The molecule has 0 aliphatic carbocycles. The Hall–Kier alpha value is -2.22. The monoisotopic (exact) mass is 294 g/mol. The molecule has 1 N–H and O–H groups in total. The van der Waals surface area contributed by atoms with Crippen LogP contribution in [0.25, 0.3) is 0 Å². The summed E-state index contributed by atoms with van der Waals surface area (Å²) in [7, 11) is 3.20.